The molecule has 20 heavy (non-hydrogen) atoms. The minimum Gasteiger partial charge on any atom is -0.355 e. The van der Waals surface area contributed by atoms with E-state index in [4.69, 9.17) is 5.73 Å². The van der Waals surface area contributed by atoms with Gasteiger partial charge in [0.05, 0.1) is 11.3 Å². The van der Waals surface area contributed by atoms with Crippen LogP contribution in [0, 0.1) is 5.82 Å². The van der Waals surface area contributed by atoms with Crippen molar-refractivity contribution in [1.82, 2.24) is 0 Å². The van der Waals surface area contributed by atoms with Gasteiger partial charge in [-0.2, -0.15) is 13.2 Å². The first kappa shape index (κ1) is 14.3. The quantitative estimate of drug-likeness (QED) is 0.834. The van der Waals surface area contributed by atoms with Gasteiger partial charge in [-0.15, -0.1) is 0 Å². The second-order valence-corrected chi connectivity index (χ2v) is 4.21. The van der Waals surface area contributed by atoms with Crippen molar-refractivity contribution in [2.24, 2.45) is 5.73 Å². The lowest BCUT2D eigenvalue weighted by Crippen LogP contribution is -2.09. The number of rotatable bonds is 3. The van der Waals surface area contributed by atoms with Gasteiger partial charge in [0.1, 0.15) is 5.82 Å². The second kappa shape index (κ2) is 5.50. The van der Waals surface area contributed by atoms with Gasteiger partial charge in [-0.1, -0.05) is 12.1 Å². The molecule has 0 bridgehead atoms. The first-order valence-electron chi connectivity index (χ1n) is 5.83. The lowest BCUT2D eigenvalue weighted by Gasteiger charge is -2.15. The summed E-state index contributed by atoms with van der Waals surface area (Å²) in [4.78, 5) is 0. The Bertz CT molecular complexity index is 591. The minimum atomic E-state index is -4.62. The smallest absolute Gasteiger partial charge is 0.355 e. The summed E-state index contributed by atoms with van der Waals surface area (Å²) in [5, 5.41) is 2.63. The molecule has 0 aliphatic rings. The molecule has 3 N–H and O–H groups in total. The lowest BCUT2D eigenvalue weighted by molar-refractivity contribution is -0.137. The van der Waals surface area contributed by atoms with E-state index in [0.29, 0.717) is 18.3 Å². The van der Waals surface area contributed by atoms with Gasteiger partial charge in [0.15, 0.2) is 0 Å². The molecule has 0 heterocycles. The van der Waals surface area contributed by atoms with Crippen molar-refractivity contribution in [2.45, 2.75) is 12.7 Å². The predicted octanol–water partition coefficient (Wildman–Crippen LogP) is 4.05. The van der Waals surface area contributed by atoms with Crippen LogP contribution < -0.4 is 11.1 Å². The molecule has 0 saturated heterocycles. The van der Waals surface area contributed by atoms with Crippen molar-refractivity contribution in [2.75, 3.05) is 5.32 Å². The monoisotopic (exact) mass is 284 g/mol. The van der Waals surface area contributed by atoms with Gasteiger partial charge in [-0.3, -0.25) is 0 Å². The maximum Gasteiger partial charge on any atom is 0.418 e. The Labute approximate surface area is 113 Å². The summed E-state index contributed by atoms with van der Waals surface area (Å²) in [5.74, 6) is -0.929. The van der Waals surface area contributed by atoms with Crippen LogP contribution in [0.2, 0.25) is 0 Å². The van der Waals surface area contributed by atoms with Gasteiger partial charge < -0.3 is 11.1 Å². The third-order valence-electron chi connectivity index (χ3n) is 2.76. The number of nitrogens with one attached hydrogen (secondary N) is 1. The summed E-state index contributed by atoms with van der Waals surface area (Å²) >= 11 is 0. The Kier molecular flexibility index (Phi) is 3.94. The Hall–Kier alpha value is -2.08. The molecule has 0 saturated carbocycles. The molecule has 0 radical (unpaired) electrons. The van der Waals surface area contributed by atoms with E-state index >= 15 is 0 Å². The van der Waals surface area contributed by atoms with Gasteiger partial charge >= 0.3 is 6.18 Å². The molecule has 0 aliphatic heterocycles. The Morgan fingerprint density at radius 2 is 1.65 bits per heavy atom. The molecule has 0 atom stereocenters. The molecular weight excluding hydrogens is 272 g/mol. The normalized spacial score (nSPS) is 11.4. The molecule has 0 aliphatic carbocycles. The predicted molar refractivity (Wildman–Crippen MR) is 69.0 cm³/mol. The zero-order chi connectivity index (χ0) is 14.8. The van der Waals surface area contributed by atoms with Crippen LogP contribution in [0.1, 0.15) is 11.1 Å². The van der Waals surface area contributed by atoms with Crippen LogP contribution in [0.3, 0.4) is 0 Å². The molecular formula is C14H12F4N2. The van der Waals surface area contributed by atoms with Crippen molar-refractivity contribution < 1.29 is 17.6 Å². The van der Waals surface area contributed by atoms with Crippen molar-refractivity contribution >= 4 is 11.4 Å². The fourth-order valence-corrected chi connectivity index (χ4v) is 1.74. The maximum atomic E-state index is 13.0. The highest BCUT2D eigenvalue weighted by Gasteiger charge is 2.34. The number of benzene rings is 2. The summed E-state index contributed by atoms with van der Waals surface area (Å²) in [6.45, 7) is 0.352. The first-order chi connectivity index (χ1) is 9.40. The molecule has 2 rings (SSSR count). The third-order valence-corrected chi connectivity index (χ3v) is 2.76. The number of alkyl halides is 3. The summed E-state index contributed by atoms with van der Waals surface area (Å²) in [7, 11) is 0. The van der Waals surface area contributed by atoms with Gasteiger partial charge in [-0.25, -0.2) is 4.39 Å². The largest absolute Gasteiger partial charge is 0.418 e. The van der Waals surface area contributed by atoms with Crippen molar-refractivity contribution in [3.8, 4) is 0 Å². The Morgan fingerprint density at radius 1 is 1.00 bits per heavy atom. The maximum absolute atomic E-state index is 13.0. The van der Waals surface area contributed by atoms with Gasteiger partial charge in [-0.05, 0) is 35.9 Å². The van der Waals surface area contributed by atoms with Gasteiger partial charge in [0.25, 0.3) is 0 Å². The lowest BCUT2D eigenvalue weighted by atomic mass is 10.1. The number of halogens is 4. The topological polar surface area (TPSA) is 38.0 Å². The van der Waals surface area contributed by atoms with Crippen LogP contribution in [-0.2, 0) is 12.7 Å². The molecule has 0 unspecified atom stereocenters. The highest BCUT2D eigenvalue weighted by Crippen LogP contribution is 2.36. The fourth-order valence-electron chi connectivity index (χ4n) is 1.74. The van der Waals surface area contributed by atoms with Crippen LogP contribution in [-0.4, -0.2) is 0 Å². The van der Waals surface area contributed by atoms with E-state index in [0.717, 1.165) is 17.7 Å². The highest BCUT2D eigenvalue weighted by molar-refractivity contribution is 5.64. The molecule has 0 amide bonds. The molecule has 2 aromatic rings. The molecule has 2 aromatic carbocycles. The van der Waals surface area contributed by atoms with Crippen LogP contribution >= 0.6 is 0 Å². The standard InChI is InChI=1S/C14H12F4N2/c15-10-3-6-13(12(7-10)14(16,17)18)20-11-4-1-9(8-19)2-5-11/h1-7,20H,8,19H2. The van der Waals surface area contributed by atoms with E-state index < -0.39 is 17.6 Å². The van der Waals surface area contributed by atoms with Gasteiger partial charge in [0, 0.05) is 12.2 Å². The van der Waals surface area contributed by atoms with Crippen molar-refractivity contribution in [1.29, 1.82) is 0 Å². The van der Waals surface area contributed by atoms with Crippen molar-refractivity contribution in [3.63, 3.8) is 0 Å². The van der Waals surface area contributed by atoms with E-state index in [1.54, 1.807) is 24.3 Å². The number of hydrogen-bond donors (Lipinski definition) is 2. The summed E-state index contributed by atoms with van der Waals surface area (Å²) in [6.07, 6.45) is -4.62. The van der Waals surface area contributed by atoms with Crippen LogP contribution in [0.4, 0.5) is 28.9 Å². The molecule has 2 nitrogen and oxygen atoms in total. The van der Waals surface area contributed by atoms with E-state index in [2.05, 4.69) is 5.32 Å². The summed E-state index contributed by atoms with van der Waals surface area (Å²) in [5.41, 5.74) is 5.54. The fraction of sp³-hybridized carbons (Fsp3) is 0.143. The number of hydrogen-bond acceptors (Lipinski definition) is 2. The molecule has 6 heteroatoms. The average Bonchev–Trinajstić information content (AvgIpc) is 2.40. The number of anilines is 2. The third kappa shape index (κ3) is 3.27. The molecule has 0 fully saturated rings. The highest BCUT2D eigenvalue weighted by atomic mass is 19.4. The summed E-state index contributed by atoms with van der Waals surface area (Å²) < 4.78 is 51.5. The van der Waals surface area contributed by atoms with Crippen molar-refractivity contribution in [3.05, 3.63) is 59.4 Å². The van der Waals surface area contributed by atoms with E-state index in [1.165, 1.54) is 0 Å². The molecule has 0 spiro atoms. The molecule has 106 valence electrons. The van der Waals surface area contributed by atoms with E-state index in [1.807, 2.05) is 0 Å². The zero-order valence-electron chi connectivity index (χ0n) is 10.3. The Balaban J connectivity index is 2.32. The summed E-state index contributed by atoms with van der Waals surface area (Å²) in [6, 6.07) is 9.16. The average molecular weight is 284 g/mol. The van der Waals surface area contributed by atoms with Crippen LogP contribution in [0.25, 0.3) is 0 Å². The zero-order valence-corrected chi connectivity index (χ0v) is 10.3. The first-order valence-corrected chi connectivity index (χ1v) is 5.83. The van der Waals surface area contributed by atoms with Crippen LogP contribution in [0.15, 0.2) is 42.5 Å². The SMILES string of the molecule is NCc1ccc(Nc2ccc(F)cc2C(F)(F)F)cc1. The van der Waals surface area contributed by atoms with E-state index in [9.17, 15) is 17.6 Å². The van der Waals surface area contributed by atoms with E-state index in [-0.39, 0.29) is 5.69 Å². The molecule has 0 aromatic heterocycles. The minimum absolute atomic E-state index is 0.195. The Morgan fingerprint density at radius 3 is 2.20 bits per heavy atom. The van der Waals surface area contributed by atoms with Gasteiger partial charge in [0.2, 0.25) is 0 Å². The van der Waals surface area contributed by atoms with Crippen LogP contribution in [0.5, 0.6) is 0 Å². The second-order valence-electron chi connectivity index (χ2n) is 4.21. The number of nitrogens with two attached hydrogens (primary N) is 1.